The maximum atomic E-state index is 6.00. The lowest BCUT2D eigenvalue weighted by atomic mass is 10.2. The lowest BCUT2D eigenvalue weighted by Gasteiger charge is -2.08. The highest BCUT2D eigenvalue weighted by Crippen LogP contribution is 2.11. The van der Waals surface area contributed by atoms with Gasteiger partial charge in [-0.15, -0.1) is 11.6 Å². The number of nitrogens with zero attached hydrogens (tertiary/aromatic N) is 1. The average molecular weight is 229 g/mol. The second kappa shape index (κ2) is 6.51. The highest BCUT2D eigenvalue weighted by molar-refractivity contribution is 6.20. The van der Waals surface area contributed by atoms with Gasteiger partial charge in [0.1, 0.15) is 5.82 Å². The van der Waals surface area contributed by atoms with Crippen LogP contribution >= 0.6 is 11.6 Å². The van der Waals surface area contributed by atoms with Crippen LogP contribution in [0.25, 0.3) is 0 Å². The largest absolute Gasteiger partial charge is 0.481 e. The molecule has 0 aliphatic rings. The Kier molecular flexibility index (Phi) is 5.26. The third kappa shape index (κ3) is 4.38. The van der Waals surface area contributed by atoms with Crippen molar-refractivity contribution in [2.24, 2.45) is 0 Å². The van der Waals surface area contributed by atoms with Gasteiger partial charge in [-0.2, -0.15) is 4.98 Å². The number of rotatable bonds is 6. The van der Waals surface area contributed by atoms with Crippen LogP contribution in [0.15, 0.2) is 18.2 Å². The van der Waals surface area contributed by atoms with Gasteiger partial charge in [-0.25, -0.2) is 0 Å². The number of hydrogen-bond donors (Lipinski definition) is 1. The fourth-order valence-corrected chi connectivity index (χ4v) is 1.30. The predicted molar refractivity (Wildman–Crippen MR) is 63.8 cm³/mol. The van der Waals surface area contributed by atoms with E-state index in [4.69, 9.17) is 16.3 Å². The van der Waals surface area contributed by atoms with E-state index >= 15 is 0 Å². The summed E-state index contributed by atoms with van der Waals surface area (Å²) in [6, 6.07) is 5.64. The molecule has 0 aliphatic heterocycles. The van der Waals surface area contributed by atoms with Gasteiger partial charge >= 0.3 is 0 Å². The minimum atomic E-state index is 0.239. The van der Waals surface area contributed by atoms with Crippen LogP contribution < -0.4 is 10.1 Å². The van der Waals surface area contributed by atoms with Crippen LogP contribution in [-0.2, 0) is 0 Å². The quantitative estimate of drug-likeness (QED) is 0.761. The first-order valence-electron chi connectivity index (χ1n) is 5.15. The Balaban J connectivity index is 2.37. The summed E-state index contributed by atoms with van der Waals surface area (Å²) < 4.78 is 5.03. The molecule has 1 aromatic heterocycles. The Morgan fingerprint density at radius 3 is 3.00 bits per heavy atom. The molecule has 1 N–H and O–H groups in total. The van der Waals surface area contributed by atoms with Gasteiger partial charge in [0.2, 0.25) is 5.88 Å². The molecule has 0 aliphatic carbocycles. The third-order valence-electron chi connectivity index (χ3n) is 2.14. The lowest BCUT2D eigenvalue weighted by Crippen LogP contribution is -2.09. The van der Waals surface area contributed by atoms with Crippen LogP contribution in [0.4, 0.5) is 5.82 Å². The molecule has 1 unspecified atom stereocenters. The average Bonchev–Trinajstić information content (AvgIpc) is 2.29. The summed E-state index contributed by atoms with van der Waals surface area (Å²) in [5.74, 6) is 1.45. The van der Waals surface area contributed by atoms with Crippen LogP contribution in [0.2, 0.25) is 0 Å². The molecular weight excluding hydrogens is 212 g/mol. The molecule has 0 spiro atoms. The van der Waals surface area contributed by atoms with E-state index in [1.54, 1.807) is 7.11 Å². The molecule has 1 rings (SSSR count). The minimum Gasteiger partial charge on any atom is -0.481 e. The number of alkyl halides is 1. The second-order valence-electron chi connectivity index (χ2n) is 3.29. The summed E-state index contributed by atoms with van der Waals surface area (Å²) >= 11 is 6.00. The zero-order valence-corrected chi connectivity index (χ0v) is 9.92. The van der Waals surface area contributed by atoms with Crippen molar-refractivity contribution in [3.63, 3.8) is 0 Å². The second-order valence-corrected chi connectivity index (χ2v) is 3.90. The molecule has 0 radical (unpaired) electrons. The van der Waals surface area contributed by atoms with E-state index in [0.29, 0.717) is 5.88 Å². The van der Waals surface area contributed by atoms with E-state index in [-0.39, 0.29) is 5.38 Å². The molecule has 3 nitrogen and oxygen atoms in total. The monoisotopic (exact) mass is 228 g/mol. The van der Waals surface area contributed by atoms with Crippen molar-refractivity contribution in [2.45, 2.75) is 25.1 Å². The van der Waals surface area contributed by atoms with E-state index in [2.05, 4.69) is 17.2 Å². The summed E-state index contributed by atoms with van der Waals surface area (Å²) in [4.78, 5) is 4.24. The molecule has 84 valence electrons. The van der Waals surface area contributed by atoms with Crippen LogP contribution in [0.1, 0.15) is 19.8 Å². The number of aromatic nitrogens is 1. The molecule has 15 heavy (non-hydrogen) atoms. The number of hydrogen-bond acceptors (Lipinski definition) is 3. The standard InChI is InChI=1S/C11H17ClN2O/c1-3-9(12)7-8-13-10-5-4-6-11(14-10)15-2/h4-6,9H,3,7-8H2,1-2H3,(H,13,14). The Labute approximate surface area is 95.8 Å². The van der Waals surface area contributed by atoms with Gasteiger partial charge < -0.3 is 10.1 Å². The first kappa shape index (κ1) is 12.1. The van der Waals surface area contributed by atoms with Gasteiger partial charge in [-0.05, 0) is 18.9 Å². The van der Waals surface area contributed by atoms with Gasteiger partial charge in [0.15, 0.2) is 0 Å². The topological polar surface area (TPSA) is 34.1 Å². The van der Waals surface area contributed by atoms with Crippen LogP contribution in [0.5, 0.6) is 5.88 Å². The van der Waals surface area contributed by atoms with E-state index in [1.807, 2.05) is 18.2 Å². The number of nitrogens with one attached hydrogen (secondary N) is 1. The smallest absolute Gasteiger partial charge is 0.214 e. The van der Waals surface area contributed by atoms with E-state index in [9.17, 15) is 0 Å². The fraction of sp³-hybridized carbons (Fsp3) is 0.545. The van der Waals surface area contributed by atoms with Gasteiger partial charge in [-0.3, -0.25) is 0 Å². The first-order chi connectivity index (χ1) is 7.26. The molecule has 0 saturated heterocycles. The SMILES string of the molecule is CCC(Cl)CCNc1cccc(OC)n1. The zero-order valence-electron chi connectivity index (χ0n) is 9.16. The maximum Gasteiger partial charge on any atom is 0.214 e. The number of anilines is 1. The molecule has 0 amide bonds. The molecule has 1 atom stereocenters. The van der Waals surface area contributed by atoms with Gasteiger partial charge in [0.05, 0.1) is 7.11 Å². The van der Waals surface area contributed by atoms with Crippen molar-refractivity contribution in [3.05, 3.63) is 18.2 Å². The summed E-state index contributed by atoms with van der Waals surface area (Å²) in [6.07, 6.45) is 1.94. The maximum absolute atomic E-state index is 6.00. The summed E-state index contributed by atoms with van der Waals surface area (Å²) in [6.45, 7) is 2.92. The van der Waals surface area contributed by atoms with Crippen molar-refractivity contribution >= 4 is 17.4 Å². The van der Waals surface area contributed by atoms with E-state index in [1.165, 1.54) is 0 Å². The third-order valence-corrected chi connectivity index (χ3v) is 2.67. The fourth-order valence-electron chi connectivity index (χ4n) is 1.19. The minimum absolute atomic E-state index is 0.239. The Hall–Kier alpha value is -0.960. The van der Waals surface area contributed by atoms with Crippen LogP contribution in [0.3, 0.4) is 0 Å². The van der Waals surface area contributed by atoms with E-state index in [0.717, 1.165) is 25.2 Å². The van der Waals surface area contributed by atoms with Gasteiger partial charge in [0, 0.05) is 18.0 Å². The lowest BCUT2D eigenvalue weighted by molar-refractivity contribution is 0.398. The normalized spacial score (nSPS) is 12.2. The van der Waals surface area contributed by atoms with Gasteiger partial charge in [-0.1, -0.05) is 13.0 Å². The number of pyridine rings is 1. The first-order valence-corrected chi connectivity index (χ1v) is 5.59. The number of ether oxygens (including phenoxy) is 1. The zero-order chi connectivity index (χ0) is 11.1. The van der Waals surface area contributed by atoms with E-state index < -0.39 is 0 Å². The predicted octanol–water partition coefficient (Wildman–Crippen LogP) is 2.91. The highest BCUT2D eigenvalue weighted by atomic mass is 35.5. The highest BCUT2D eigenvalue weighted by Gasteiger charge is 2.01. The molecule has 0 saturated carbocycles. The van der Waals surface area contributed by atoms with Crippen molar-refractivity contribution in [1.29, 1.82) is 0 Å². The van der Waals surface area contributed by atoms with Crippen molar-refractivity contribution < 1.29 is 4.74 Å². The Morgan fingerprint density at radius 1 is 1.53 bits per heavy atom. The van der Waals surface area contributed by atoms with Crippen molar-refractivity contribution in [3.8, 4) is 5.88 Å². The molecular formula is C11H17ClN2O. The molecule has 0 fully saturated rings. The molecule has 0 aromatic carbocycles. The van der Waals surface area contributed by atoms with Crippen LogP contribution in [0, 0.1) is 0 Å². The molecule has 4 heteroatoms. The van der Waals surface area contributed by atoms with Crippen LogP contribution in [-0.4, -0.2) is 24.0 Å². The summed E-state index contributed by atoms with van der Waals surface area (Å²) in [7, 11) is 1.61. The Bertz CT molecular complexity index is 294. The molecule has 1 heterocycles. The summed E-state index contributed by atoms with van der Waals surface area (Å²) in [5.41, 5.74) is 0. The number of halogens is 1. The number of methoxy groups -OCH3 is 1. The molecule has 0 bridgehead atoms. The van der Waals surface area contributed by atoms with Crippen molar-refractivity contribution in [1.82, 2.24) is 4.98 Å². The Morgan fingerprint density at radius 2 is 2.33 bits per heavy atom. The molecule has 1 aromatic rings. The van der Waals surface area contributed by atoms with Crippen molar-refractivity contribution in [2.75, 3.05) is 19.0 Å². The van der Waals surface area contributed by atoms with Gasteiger partial charge in [0.25, 0.3) is 0 Å². The summed E-state index contributed by atoms with van der Waals surface area (Å²) in [5, 5.41) is 3.45.